The summed E-state index contributed by atoms with van der Waals surface area (Å²) < 4.78 is 46.7. The zero-order chi connectivity index (χ0) is 45.0. The number of aliphatic hydroxyl groups excluding tert-OH is 1. The number of esters is 5. The smallest absolute Gasteiger partial charge is 0.330 e. The van der Waals surface area contributed by atoms with Crippen molar-refractivity contribution >= 4 is 29.8 Å². The molecule has 4 rings (SSSR count). The Bertz CT molecular complexity index is 1690. The SMILES string of the molecule is COC(=O)/C=C1/C[C@H]2C[C@]3(O)O[C@H](C[C@@H](O)CC(=O)O[C@@H]([C@@H](C)OC(C)=O)C[C@@H]4C/C(=C/C(=O)OC)C[C@@](O)(O4)C(C)(C)/C=C/[C@@H](C1)O2)C[C@H](OC(=O)C(C)(C)C)C3(C)C. The Morgan fingerprint density at radius 1 is 0.850 bits per heavy atom. The summed E-state index contributed by atoms with van der Waals surface area (Å²) in [7, 11) is 2.50. The Morgan fingerprint density at radius 3 is 2.05 bits per heavy atom. The van der Waals surface area contributed by atoms with Gasteiger partial charge in [-0.05, 0) is 47.0 Å². The van der Waals surface area contributed by atoms with Gasteiger partial charge in [0.15, 0.2) is 11.6 Å². The summed E-state index contributed by atoms with van der Waals surface area (Å²) in [4.78, 5) is 63.9. The molecule has 0 aromatic carbocycles. The normalized spacial score (nSPS) is 36.2. The average molecular weight is 851 g/mol. The maximum atomic E-state index is 13.6. The summed E-state index contributed by atoms with van der Waals surface area (Å²) in [6.07, 6.45) is -1.81. The van der Waals surface area contributed by atoms with E-state index in [4.69, 9.17) is 37.9 Å². The summed E-state index contributed by atoms with van der Waals surface area (Å²) >= 11 is 0. The molecule has 0 unspecified atom stereocenters. The van der Waals surface area contributed by atoms with E-state index in [1.54, 1.807) is 67.5 Å². The van der Waals surface area contributed by atoms with Crippen molar-refractivity contribution in [2.24, 2.45) is 16.2 Å². The maximum absolute atomic E-state index is 13.6. The monoisotopic (exact) mass is 850 g/mol. The lowest BCUT2D eigenvalue weighted by Crippen LogP contribution is -2.62. The van der Waals surface area contributed by atoms with E-state index in [0.717, 1.165) is 0 Å². The highest BCUT2D eigenvalue weighted by atomic mass is 16.7. The molecule has 0 aromatic heterocycles. The Morgan fingerprint density at radius 2 is 1.45 bits per heavy atom. The van der Waals surface area contributed by atoms with Crippen LogP contribution in [-0.4, -0.2) is 120 Å². The second-order valence-electron chi connectivity index (χ2n) is 18.8. The summed E-state index contributed by atoms with van der Waals surface area (Å²) in [5.41, 5.74) is -2.14. The third-order valence-electron chi connectivity index (χ3n) is 12.0. The molecule has 4 aliphatic heterocycles. The molecule has 4 heterocycles. The average Bonchev–Trinajstić information content (AvgIpc) is 3.11. The molecular formula is C44H66O16. The molecule has 0 aliphatic carbocycles. The molecule has 0 radical (unpaired) electrons. The first kappa shape index (κ1) is 49.0. The second-order valence-corrected chi connectivity index (χ2v) is 18.8. The van der Waals surface area contributed by atoms with E-state index in [1.165, 1.54) is 33.3 Å². The van der Waals surface area contributed by atoms with Gasteiger partial charge >= 0.3 is 29.8 Å². The molecule has 60 heavy (non-hydrogen) atoms. The van der Waals surface area contributed by atoms with Gasteiger partial charge in [-0.25, -0.2) is 9.59 Å². The lowest BCUT2D eigenvalue weighted by Gasteiger charge is -2.54. The summed E-state index contributed by atoms with van der Waals surface area (Å²) in [5.74, 6) is -7.18. The Balaban J connectivity index is 1.84. The van der Waals surface area contributed by atoms with Crippen molar-refractivity contribution in [2.75, 3.05) is 14.2 Å². The third kappa shape index (κ3) is 12.2. The predicted octanol–water partition coefficient (Wildman–Crippen LogP) is 4.44. The lowest BCUT2D eigenvalue weighted by molar-refractivity contribution is -0.349. The molecule has 0 aromatic rings. The highest BCUT2D eigenvalue weighted by molar-refractivity contribution is 5.83. The molecule has 16 heteroatoms. The number of carbonyl (C=O) groups excluding carboxylic acids is 5. The molecule has 16 nitrogen and oxygen atoms in total. The molecule has 338 valence electrons. The first-order valence-electron chi connectivity index (χ1n) is 20.6. The number of fused-ring (bicyclic) bond motifs is 6. The number of aliphatic hydroxyl groups is 3. The third-order valence-corrected chi connectivity index (χ3v) is 12.0. The van der Waals surface area contributed by atoms with Crippen LogP contribution in [0.4, 0.5) is 0 Å². The number of hydrogen-bond acceptors (Lipinski definition) is 16. The van der Waals surface area contributed by atoms with Crippen LogP contribution in [0.1, 0.15) is 120 Å². The molecule has 3 fully saturated rings. The maximum Gasteiger partial charge on any atom is 0.330 e. The van der Waals surface area contributed by atoms with Crippen LogP contribution in [0, 0.1) is 16.2 Å². The van der Waals surface area contributed by atoms with Gasteiger partial charge in [0.1, 0.15) is 18.3 Å². The minimum atomic E-state index is -2.03. The van der Waals surface area contributed by atoms with Crippen LogP contribution in [0.5, 0.6) is 0 Å². The van der Waals surface area contributed by atoms with E-state index in [2.05, 4.69) is 0 Å². The van der Waals surface area contributed by atoms with Gasteiger partial charge in [0.2, 0.25) is 0 Å². The topological polar surface area (TPSA) is 220 Å². The lowest BCUT2D eigenvalue weighted by atomic mass is 9.70. The van der Waals surface area contributed by atoms with Crippen LogP contribution in [0.2, 0.25) is 0 Å². The van der Waals surface area contributed by atoms with E-state index in [-0.39, 0.29) is 51.4 Å². The largest absolute Gasteiger partial charge is 0.466 e. The van der Waals surface area contributed by atoms with Gasteiger partial charge in [0.25, 0.3) is 0 Å². The molecule has 6 bridgehead atoms. The van der Waals surface area contributed by atoms with Gasteiger partial charge in [-0.15, -0.1) is 0 Å². The van der Waals surface area contributed by atoms with Crippen molar-refractivity contribution in [3.05, 3.63) is 35.5 Å². The Hall–Kier alpha value is -3.67. The quantitative estimate of drug-likeness (QED) is 0.151. The molecule has 4 aliphatic rings. The van der Waals surface area contributed by atoms with Crippen molar-refractivity contribution in [1.82, 2.24) is 0 Å². The van der Waals surface area contributed by atoms with Crippen molar-refractivity contribution in [1.29, 1.82) is 0 Å². The van der Waals surface area contributed by atoms with Crippen molar-refractivity contribution in [3.63, 3.8) is 0 Å². The Kier molecular flexibility index (Phi) is 15.6. The van der Waals surface area contributed by atoms with E-state index in [9.17, 15) is 39.3 Å². The fraction of sp³-hybridized carbons (Fsp3) is 0.750. The highest BCUT2D eigenvalue weighted by Gasteiger charge is 2.58. The number of carbonyl (C=O) groups is 5. The van der Waals surface area contributed by atoms with E-state index < -0.39 is 113 Å². The first-order chi connectivity index (χ1) is 27.7. The number of hydrogen-bond donors (Lipinski definition) is 3. The van der Waals surface area contributed by atoms with Crippen LogP contribution in [0.3, 0.4) is 0 Å². The van der Waals surface area contributed by atoms with Gasteiger partial charge in [0.05, 0.1) is 62.0 Å². The predicted molar refractivity (Wildman–Crippen MR) is 213 cm³/mol. The zero-order valence-electron chi connectivity index (χ0n) is 36.9. The van der Waals surface area contributed by atoms with E-state index in [1.807, 2.05) is 0 Å². The van der Waals surface area contributed by atoms with Crippen LogP contribution in [0.25, 0.3) is 0 Å². The van der Waals surface area contributed by atoms with Crippen LogP contribution >= 0.6 is 0 Å². The summed E-state index contributed by atoms with van der Waals surface area (Å²) in [6, 6.07) is 0. The molecule has 0 saturated carbocycles. The number of methoxy groups -OCH3 is 2. The second kappa shape index (κ2) is 19.2. The minimum Gasteiger partial charge on any atom is -0.466 e. The van der Waals surface area contributed by atoms with Crippen LogP contribution < -0.4 is 0 Å². The van der Waals surface area contributed by atoms with Crippen molar-refractivity contribution in [3.8, 4) is 0 Å². The highest BCUT2D eigenvalue weighted by Crippen LogP contribution is 2.50. The van der Waals surface area contributed by atoms with E-state index >= 15 is 0 Å². The molecule has 0 amide bonds. The van der Waals surface area contributed by atoms with Crippen molar-refractivity contribution < 1.29 is 77.2 Å². The molecule has 0 spiro atoms. The molecule has 3 N–H and O–H groups in total. The molecule has 10 atom stereocenters. The van der Waals surface area contributed by atoms with Gasteiger partial charge in [-0.2, -0.15) is 0 Å². The fourth-order valence-corrected chi connectivity index (χ4v) is 8.17. The Labute approximate surface area is 352 Å². The van der Waals surface area contributed by atoms with Gasteiger partial charge in [0, 0.05) is 56.6 Å². The van der Waals surface area contributed by atoms with Crippen LogP contribution in [0.15, 0.2) is 35.5 Å². The van der Waals surface area contributed by atoms with Gasteiger partial charge in [-0.3, -0.25) is 14.4 Å². The standard InChI is InChI=1S/C44H66O16/c1-25(55-26(2)45)34-21-31-16-28(18-37(48)54-11)23-43(51,59-31)41(6,7)13-12-30-14-27(17-36(47)53-10)15-33(56-30)24-44(52)42(8,9)35(58-39(50)40(3,4)5)22-32(60-44)19-29(46)20-38(49)57-34/h12-13,17-18,25,29-35,46,51-52H,14-16,19-24H2,1-11H3/b13-12+,27-17+,28-18-/t25-,29-,30+,31+,32-,33+,34-,35+,43-,44+/m1/s1. The number of cyclic esters (lactones) is 1. The fourth-order valence-electron chi connectivity index (χ4n) is 8.17. The number of ether oxygens (including phenoxy) is 8. The van der Waals surface area contributed by atoms with E-state index in [0.29, 0.717) is 11.1 Å². The zero-order valence-corrected chi connectivity index (χ0v) is 36.9. The molecule has 3 saturated heterocycles. The van der Waals surface area contributed by atoms with Crippen LogP contribution in [-0.2, 0) is 61.9 Å². The van der Waals surface area contributed by atoms with Gasteiger partial charge < -0.3 is 53.2 Å². The first-order valence-corrected chi connectivity index (χ1v) is 20.6. The van der Waals surface area contributed by atoms with Crippen molar-refractivity contribution in [2.45, 2.75) is 181 Å². The minimum absolute atomic E-state index is 0.0815. The summed E-state index contributed by atoms with van der Waals surface area (Å²) in [5, 5.41) is 36.3. The summed E-state index contributed by atoms with van der Waals surface area (Å²) in [6.45, 7) is 14.8. The number of rotatable bonds is 5. The van der Waals surface area contributed by atoms with Gasteiger partial charge in [-0.1, -0.05) is 51.0 Å². The molecular weight excluding hydrogens is 784 g/mol.